The first-order valence-corrected chi connectivity index (χ1v) is 14.4. The molecule has 0 radical (unpaired) electrons. The van der Waals surface area contributed by atoms with Crippen LogP contribution in [0.15, 0.2) is 30.3 Å². The molecule has 1 aliphatic carbocycles. The number of likely N-dealkylation sites (N-methyl/N-ethyl adjacent to an activating group) is 1. The van der Waals surface area contributed by atoms with E-state index in [1.165, 1.54) is 36.7 Å². The summed E-state index contributed by atoms with van der Waals surface area (Å²) in [6.07, 6.45) is 3.49. The number of methoxy groups -OCH3 is 1. The van der Waals surface area contributed by atoms with Crippen molar-refractivity contribution >= 4 is 22.8 Å². The highest BCUT2D eigenvalue weighted by Crippen LogP contribution is 2.30. The van der Waals surface area contributed by atoms with Gasteiger partial charge in [0.05, 0.1) is 30.9 Å². The first-order chi connectivity index (χ1) is 19.5. The van der Waals surface area contributed by atoms with Crippen molar-refractivity contribution in [3.8, 4) is 5.82 Å². The molecule has 40 heavy (non-hydrogen) atoms. The van der Waals surface area contributed by atoms with Gasteiger partial charge in [0.2, 0.25) is 5.95 Å². The van der Waals surface area contributed by atoms with E-state index in [1.807, 2.05) is 6.07 Å². The van der Waals surface area contributed by atoms with Gasteiger partial charge in [-0.3, -0.25) is 4.57 Å². The average Bonchev–Trinajstić information content (AvgIpc) is 3.38. The molecule has 5 rings (SSSR count). The van der Waals surface area contributed by atoms with Crippen molar-refractivity contribution in [1.29, 1.82) is 0 Å². The molecule has 1 aromatic carbocycles. The molecule has 0 amide bonds. The van der Waals surface area contributed by atoms with E-state index in [0.717, 1.165) is 19.7 Å². The molecule has 1 saturated carbocycles. The average molecular weight is 560 g/mol. The van der Waals surface area contributed by atoms with Crippen LogP contribution in [0.25, 0.3) is 16.9 Å². The van der Waals surface area contributed by atoms with Crippen LogP contribution < -0.4 is 15.5 Å². The van der Waals surface area contributed by atoms with E-state index in [2.05, 4.69) is 39.3 Å². The molecule has 1 unspecified atom stereocenters. The van der Waals surface area contributed by atoms with Gasteiger partial charge in [-0.15, -0.1) is 0 Å². The van der Waals surface area contributed by atoms with E-state index in [4.69, 9.17) is 14.5 Å². The molecule has 11 heteroatoms. The Balaban J connectivity index is 0.000000406. The first kappa shape index (κ1) is 30.1. The Morgan fingerprint density at radius 1 is 1.05 bits per heavy atom. The zero-order valence-corrected chi connectivity index (χ0v) is 23.9. The van der Waals surface area contributed by atoms with Crippen molar-refractivity contribution in [1.82, 2.24) is 24.8 Å². The van der Waals surface area contributed by atoms with Crippen LogP contribution in [-0.2, 0) is 9.47 Å². The lowest BCUT2D eigenvalue weighted by molar-refractivity contribution is 0.122. The number of rotatable bonds is 10. The molecule has 0 spiro atoms. The molecule has 1 atom stereocenters. The third-order valence-electron chi connectivity index (χ3n) is 7.29. The highest BCUT2D eigenvalue weighted by Gasteiger charge is 2.23. The van der Waals surface area contributed by atoms with Crippen molar-refractivity contribution in [2.24, 2.45) is 5.92 Å². The summed E-state index contributed by atoms with van der Waals surface area (Å²) in [4.78, 5) is 15.7. The number of para-hydroxylation sites is 2. The summed E-state index contributed by atoms with van der Waals surface area (Å²) >= 11 is 0. The molecule has 1 aliphatic heterocycles. The minimum Gasteiger partial charge on any atom is -0.383 e. The van der Waals surface area contributed by atoms with Crippen LogP contribution in [0.4, 0.5) is 20.5 Å². The summed E-state index contributed by atoms with van der Waals surface area (Å²) in [5.41, 5.74) is 1.12. The van der Waals surface area contributed by atoms with Crippen LogP contribution in [0, 0.1) is 5.92 Å². The molecule has 9 nitrogen and oxygen atoms in total. The number of anilines is 2. The Hall–Kier alpha value is -2.89. The van der Waals surface area contributed by atoms with Crippen molar-refractivity contribution in [3.05, 3.63) is 36.2 Å². The quantitative estimate of drug-likeness (QED) is 0.350. The SMILES string of the molecule is CCNC(C)COC.FC(F)c1nc2ccccc2n1-c1cc(N2CCOCC2)nc(NCC2CCCCC2)n1. The highest BCUT2D eigenvalue weighted by molar-refractivity contribution is 5.78. The number of aromatic nitrogens is 4. The summed E-state index contributed by atoms with van der Waals surface area (Å²) in [5, 5.41) is 6.61. The second kappa shape index (κ2) is 15.2. The van der Waals surface area contributed by atoms with Gasteiger partial charge < -0.3 is 25.0 Å². The van der Waals surface area contributed by atoms with Crippen LogP contribution in [0.1, 0.15) is 58.2 Å². The van der Waals surface area contributed by atoms with E-state index in [1.54, 1.807) is 31.4 Å². The van der Waals surface area contributed by atoms with Crippen molar-refractivity contribution < 1.29 is 18.3 Å². The Morgan fingerprint density at radius 2 is 1.77 bits per heavy atom. The van der Waals surface area contributed by atoms with Gasteiger partial charge in [-0.2, -0.15) is 9.97 Å². The maximum Gasteiger partial charge on any atom is 0.296 e. The summed E-state index contributed by atoms with van der Waals surface area (Å²) < 4.78 is 39.7. The number of morpholine rings is 1. The number of ether oxygens (including phenoxy) is 2. The van der Waals surface area contributed by atoms with Gasteiger partial charge in [0, 0.05) is 38.9 Å². The normalized spacial score (nSPS) is 17.1. The van der Waals surface area contributed by atoms with Gasteiger partial charge in [-0.25, -0.2) is 13.8 Å². The van der Waals surface area contributed by atoms with Gasteiger partial charge in [-0.05, 0) is 44.4 Å². The number of nitrogens with one attached hydrogen (secondary N) is 2. The summed E-state index contributed by atoms with van der Waals surface area (Å²) in [5.74, 6) is 1.86. The Kier molecular flexibility index (Phi) is 11.4. The lowest BCUT2D eigenvalue weighted by atomic mass is 9.89. The number of alkyl halides is 2. The van der Waals surface area contributed by atoms with Gasteiger partial charge in [-0.1, -0.05) is 38.3 Å². The fourth-order valence-corrected chi connectivity index (χ4v) is 5.29. The molecule has 2 N–H and O–H groups in total. The predicted molar refractivity (Wildman–Crippen MR) is 155 cm³/mol. The zero-order chi connectivity index (χ0) is 28.3. The fraction of sp³-hybridized carbons (Fsp3) is 0.621. The van der Waals surface area contributed by atoms with E-state index < -0.39 is 6.43 Å². The molecule has 2 fully saturated rings. The second-order valence-corrected chi connectivity index (χ2v) is 10.4. The molecular weight excluding hydrogens is 516 g/mol. The molecule has 2 aromatic heterocycles. The molecule has 3 aromatic rings. The van der Waals surface area contributed by atoms with Crippen LogP contribution in [0.2, 0.25) is 0 Å². The van der Waals surface area contributed by atoms with Crippen LogP contribution in [0.5, 0.6) is 0 Å². The van der Waals surface area contributed by atoms with Crippen molar-refractivity contribution in [3.63, 3.8) is 0 Å². The monoisotopic (exact) mass is 559 g/mol. The minimum atomic E-state index is -2.72. The Labute approximate surface area is 235 Å². The van der Waals surface area contributed by atoms with Gasteiger partial charge in [0.1, 0.15) is 11.6 Å². The maximum atomic E-state index is 13.9. The fourth-order valence-electron chi connectivity index (χ4n) is 5.29. The lowest BCUT2D eigenvalue weighted by Gasteiger charge is -2.28. The summed E-state index contributed by atoms with van der Waals surface area (Å²) in [6.45, 7) is 9.42. The van der Waals surface area contributed by atoms with E-state index in [-0.39, 0.29) is 5.82 Å². The van der Waals surface area contributed by atoms with Crippen molar-refractivity contribution in [2.75, 3.05) is 63.3 Å². The van der Waals surface area contributed by atoms with E-state index in [9.17, 15) is 8.78 Å². The number of benzene rings is 1. The van der Waals surface area contributed by atoms with Crippen LogP contribution in [0.3, 0.4) is 0 Å². The summed E-state index contributed by atoms with van der Waals surface area (Å²) in [7, 11) is 1.72. The smallest absolute Gasteiger partial charge is 0.296 e. The molecule has 1 saturated heterocycles. The highest BCUT2D eigenvalue weighted by atomic mass is 19.3. The molecule has 3 heterocycles. The second-order valence-electron chi connectivity index (χ2n) is 10.4. The Bertz CT molecular complexity index is 1170. The molecular formula is C29H43F2N7O2. The Morgan fingerprint density at radius 3 is 2.48 bits per heavy atom. The standard InChI is InChI=1S/C23H28F2N6O.C6H15NO/c24-21(25)22-27-17-8-4-5-9-18(17)31(22)20-14-19(30-10-12-32-13-11-30)28-23(29-20)26-15-16-6-2-1-3-7-16;1-4-7-6(2)5-8-3/h4-5,8-9,14,16,21H,1-3,6-7,10-13,15H2,(H,26,28,29);6-7H,4-5H2,1-3H3. The summed E-state index contributed by atoms with van der Waals surface area (Å²) in [6, 6.07) is 9.42. The van der Waals surface area contributed by atoms with Crippen LogP contribution in [-0.4, -0.2) is 78.7 Å². The number of hydrogen-bond donors (Lipinski definition) is 2. The van der Waals surface area contributed by atoms with E-state index >= 15 is 0 Å². The predicted octanol–water partition coefficient (Wildman–Crippen LogP) is 5.21. The lowest BCUT2D eigenvalue weighted by Crippen LogP contribution is -2.37. The molecule has 2 aliphatic rings. The largest absolute Gasteiger partial charge is 0.383 e. The number of halogens is 2. The first-order valence-electron chi connectivity index (χ1n) is 14.4. The van der Waals surface area contributed by atoms with Crippen molar-refractivity contribution in [2.45, 2.75) is 58.4 Å². The van der Waals surface area contributed by atoms with Gasteiger partial charge >= 0.3 is 0 Å². The molecule has 0 bridgehead atoms. The van der Waals surface area contributed by atoms with Crippen LogP contribution >= 0.6 is 0 Å². The number of imidazole rings is 1. The number of hydrogen-bond acceptors (Lipinski definition) is 8. The zero-order valence-electron chi connectivity index (χ0n) is 23.9. The third kappa shape index (κ3) is 8.08. The van der Waals surface area contributed by atoms with E-state index in [0.29, 0.717) is 66.9 Å². The van der Waals surface area contributed by atoms with Gasteiger partial charge in [0.25, 0.3) is 6.43 Å². The third-order valence-corrected chi connectivity index (χ3v) is 7.29. The minimum absolute atomic E-state index is 0.309. The molecule has 220 valence electrons. The number of fused-ring (bicyclic) bond motifs is 1. The number of nitrogens with zero attached hydrogens (tertiary/aromatic N) is 5. The maximum absolute atomic E-state index is 13.9. The topological polar surface area (TPSA) is 89.4 Å². The van der Waals surface area contributed by atoms with Gasteiger partial charge in [0.15, 0.2) is 5.82 Å².